The van der Waals surface area contributed by atoms with Crippen molar-refractivity contribution in [1.82, 2.24) is 4.98 Å². The van der Waals surface area contributed by atoms with E-state index in [0.29, 0.717) is 18.5 Å². The number of rotatable bonds is 5. The Balaban J connectivity index is 1.89. The van der Waals surface area contributed by atoms with Gasteiger partial charge >= 0.3 is 0 Å². The molecule has 1 heterocycles. The maximum Gasteiger partial charge on any atom is 0.265 e. The van der Waals surface area contributed by atoms with Crippen LogP contribution in [0.3, 0.4) is 0 Å². The van der Waals surface area contributed by atoms with E-state index in [1.807, 2.05) is 36.4 Å². The van der Waals surface area contributed by atoms with Crippen LogP contribution in [0.1, 0.15) is 23.2 Å². The highest BCUT2D eigenvalue weighted by Gasteiger charge is 2.16. The fourth-order valence-electron chi connectivity index (χ4n) is 2.64. The van der Waals surface area contributed by atoms with Crippen molar-refractivity contribution >= 4 is 26.8 Å². The van der Waals surface area contributed by atoms with Crippen molar-refractivity contribution in [3.63, 3.8) is 0 Å². The molecule has 5 heteroatoms. The van der Waals surface area contributed by atoms with Crippen molar-refractivity contribution < 1.29 is 13.5 Å². The number of nitrogens with zero attached hydrogens (tertiary/aromatic N) is 1. The second kappa shape index (κ2) is 7.26. The zero-order valence-corrected chi connectivity index (χ0v) is 14.7. The van der Waals surface area contributed by atoms with Crippen molar-refractivity contribution in [3.05, 3.63) is 69.8 Å². The van der Waals surface area contributed by atoms with Crippen LogP contribution in [0, 0.1) is 0 Å². The van der Waals surface area contributed by atoms with Gasteiger partial charge in [0.05, 0.1) is 18.3 Å². The van der Waals surface area contributed by atoms with Gasteiger partial charge in [0.25, 0.3) is 6.43 Å². The number of alkyl halides is 2. The number of hydrogen-bond donors (Lipinski definition) is 0. The normalized spacial score (nSPS) is 11.2. The molecule has 0 saturated carbocycles. The molecular weight excluding hydrogens is 376 g/mol. The Bertz CT molecular complexity index is 850. The highest BCUT2D eigenvalue weighted by atomic mass is 79.9. The van der Waals surface area contributed by atoms with Gasteiger partial charge in [-0.3, -0.25) is 4.98 Å². The van der Waals surface area contributed by atoms with Crippen LogP contribution in [-0.2, 0) is 12.8 Å². The van der Waals surface area contributed by atoms with E-state index in [1.54, 1.807) is 19.2 Å². The summed E-state index contributed by atoms with van der Waals surface area (Å²) in [6, 6.07) is 14.6. The second-order valence-electron chi connectivity index (χ2n) is 5.51. The topological polar surface area (TPSA) is 22.1 Å². The lowest BCUT2D eigenvalue weighted by Gasteiger charge is -2.11. The number of ether oxygens (including phenoxy) is 1. The molecule has 0 atom stereocenters. The summed E-state index contributed by atoms with van der Waals surface area (Å²) < 4.78 is 32.8. The number of aromatic nitrogens is 1. The number of pyridine rings is 1. The second-order valence-corrected chi connectivity index (χ2v) is 6.43. The number of hydrogen-bond acceptors (Lipinski definition) is 2. The summed E-state index contributed by atoms with van der Waals surface area (Å²) in [5, 5.41) is 0.724. The van der Waals surface area contributed by atoms with Crippen molar-refractivity contribution in [2.24, 2.45) is 0 Å². The molecule has 0 bridgehead atoms. The zero-order chi connectivity index (χ0) is 17.1. The first-order chi connectivity index (χ1) is 11.6. The zero-order valence-electron chi connectivity index (χ0n) is 13.1. The van der Waals surface area contributed by atoms with Crippen molar-refractivity contribution in [3.8, 4) is 5.75 Å². The molecule has 0 aliphatic carbocycles. The molecule has 0 amide bonds. The van der Waals surface area contributed by atoms with Crippen LogP contribution in [0.2, 0.25) is 0 Å². The number of halogens is 3. The third kappa shape index (κ3) is 3.73. The minimum absolute atomic E-state index is 0.0123. The van der Waals surface area contributed by atoms with Crippen molar-refractivity contribution in [2.75, 3.05) is 7.11 Å². The van der Waals surface area contributed by atoms with Gasteiger partial charge in [0, 0.05) is 15.4 Å². The first-order valence-corrected chi connectivity index (χ1v) is 8.36. The quantitative estimate of drug-likeness (QED) is 0.553. The maximum absolute atomic E-state index is 13.4. The van der Waals surface area contributed by atoms with Gasteiger partial charge < -0.3 is 4.74 Å². The van der Waals surface area contributed by atoms with Gasteiger partial charge in [-0.15, -0.1) is 0 Å². The molecule has 0 saturated heterocycles. The van der Waals surface area contributed by atoms with Crippen LogP contribution in [-0.4, -0.2) is 12.1 Å². The largest absolute Gasteiger partial charge is 0.497 e. The maximum atomic E-state index is 13.4. The average Bonchev–Trinajstić information content (AvgIpc) is 2.59. The Morgan fingerprint density at radius 1 is 1.04 bits per heavy atom. The first kappa shape index (κ1) is 16.8. The molecule has 2 nitrogen and oxygen atoms in total. The van der Waals surface area contributed by atoms with Crippen molar-refractivity contribution in [2.45, 2.75) is 19.3 Å². The molecule has 0 spiro atoms. The van der Waals surface area contributed by atoms with E-state index in [0.717, 1.165) is 26.7 Å². The van der Waals surface area contributed by atoms with E-state index in [1.165, 1.54) is 0 Å². The molecule has 0 fully saturated rings. The first-order valence-electron chi connectivity index (χ1n) is 7.57. The Morgan fingerprint density at radius 3 is 2.46 bits per heavy atom. The fourth-order valence-corrected chi connectivity index (χ4v) is 2.99. The lowest BCUT2D eigenvalue weighted by atomic mass is 10.0. The van der Waals surface area contributed by atoms with Crippen LogP contribution in [0.15, 0.2) is 53.0 Å². The van der Waals surface area contributed by atoms with Crippen LogP contribution in [0.25, 0.3) is 10.9 Å². The third-order valence-corrected chi connectivity index (χ3v) is 4.43. The smallest absolute Gasteiger partial charge is 0.265 e. The van der Waals surface area contributed by atoms with E-state index in [4.69, 9.17) is 4.74 Å². The summed E-state index contributed by atoms with van der Waals surface area (Å²) >= 11 is 3.39. The molecular formula is C19H16BrF2NO. The summed E-state index contributed by atoms with van der Waals surface area (Å²) in [5.74, 6) is 0.778. The highest BCUT2D eigenvalue weighted by Crippen LogP contribution is 2.28. The predicted octanol–water partition coefficient (Wildman–Crippen LogP) is 5.73. The summed E-state index contributed by atoms with van der Waals surface area (Å²) in [7, 11) is 1.61. The molecule has 3 rings (SSSR count). The van der Waals surface area contributed by atoms with Gasteiger partial charge in [0.1, 0.15) is 5.75 Å². The Labute approximate surface area is 147 Å². The SMILES string of the molecule is COc1ccc(CCc2nc3cc(Br)ccc3cc2C(F)F)cc1. The fraction of sp³-hybridized carbons (Fsp3) is 0.211. The van der Waals surface area contributed by atoms with Crippen LogP contribution < -0.4 is 4.74 Å². The number of methoxy groups -OCH3 is 1. The lowest BCUT2D eigenvalue weighted by Crippen LogP contribution is -2.02. The van der Waals surface area contributed by atoms with Crippen LogP contribution >= 0.6 is 15.9 Å². The molecule has 0 N–H and O–H groups in total. The summed E-state index contributed by atoms with van der Waals surface area (Å²) in [4.78, 5) is 4.47. The van der Waals surface area contributed by atoms with E-state index in [2.05, 4.69) is 20.9 Å². The molecule has 0 aliphatic heterocycles. The standard InChI is InChI=1S/C19H16BrF2NO/c1-24-15-7-2-12(3-8-15)4-9-17-16(19(21)22)10-13-5-6-14(20)11-18(13)23-17/h2-3,5-8,10-11,19H,4,9H2,1H3. The molecule has 0 radical (unpaired) electrons. The van der Waals surface area contributed by atoms with Gasteiger partial charge in [0.15, 0.2) is 0 Å². The highest BCUT2D eigenvalue weighted by molar-refractivity contribution is 9.10. The Kier molecular flexibility index (Phi) is 5.09. The van der Waals surface area contributed by atoms with Crippen molar-refractivity contribution in [1.29, 1.82) is 0 Å². The Hall–Kier alpha value is -2.01. The average molecular weight is 392 g/mol. The van der Waals surface area contributed by atoms with Gasteiger partial charge in [-0.25, -0.2) is 8.78 Å². The number of aryl methyl sites for hydroxylation is 2. The van der Waals surface area contributed by atoms with Gasteiger partial charge in [-0.2, -0.15) is 0 Å². The van der Waals surface area contributed by atoms with Crippen LogP contribution in [0.5, 0.6) is 5.75 Å². The molecule has 124 valence electrons. The molecule has 24 heavy (non-hydrogen) atoms. The molecule has 1 aromatic heterocycles. The third-order valence-electron chi connectivity index (χ3n) is 3.94. The molecule has 3 aromatic rings. The molecule has 0 aliphatic rings. The number of benzene rings is 2. The van der Waals surface area contributed by atoms with E-state index in [-0.39, 0.29) is 5.56 Å². The van der Waals surface area contributed by atoms with Gasteiger partial charge in [-0.05, 0) is 48.7 Å². The lowest BCUT2D eigenvalue weighted by molar-refractivity contribution is 0.150. The monoisotopic (exact) mass is 391 g/mol. The summed E-state index contributed by atoms with van der Waals surface area (Å²) in [6.45, 7) is 0. The number of fused-ring (bicyclic) bond motifs is 1. The summed E-state index contributed by atoms with van der Waals surface area (Å²) in [5.41, 5.74) is 2.25. The minimum atomic E-state index is -2.53. The van der Waals surface area contributed by atoms with Crippen LogP contribution in [0.4, 0.5) is 8.78 Å². The van der Waals surface area contributed by atoms with Gasteiger partial charge in [0.2, 0.25) is 0 Å². The minimum Gasteiger partial charge on any atom is -0.497 e. The van der Waals surface area contributed by atoms with E-state index in [9.17, 15) is 8.78 Å². The molecule has 0 unspecified atom stereocenters. The van der Waals surface area contributed by atoms with E-state index >= 15 is 0 Å². The summed E-state index contributed by atoms with van der Waals surface area (Å²) in [6.07, 6.45) is -1.42. The van der Waals surface area contributed by atoms with E-state index < -0.39 is 6.43 Å². The predicted molar refractivity (Wildman–Crippen MR) is 94.8 cm³/mol. The van der Waals surface area contributed by atoms with Gasteiger partial charge in [-0.1, -0.05) is 34.1 Å². The molecule has 2 aromatic carbocycles. The Morgan fingerprint density at radius 2 is 1.79 bits per heavy atom.